The van der Waals surface area contributed by atoms with Gasteiger partial charge in [-0.25, -0.2) is 0 Å². The molecule has 8 nitrogen and oxygen atoms in total. The van der Waals surface area contributed by atoms with Gasteiger partial charge >= 0.3 is 0 Å². The molecule has 8 heteroatoms. The lowest BCUT2D eigenvalue weighted by atomic mass is 10.0. The second-order valence-electron chi connectivity index (χ2n) is 7.25. The molecule has 1 heterocycles. The Morgan fingerprint density at radius 2 is 2.03 bits per heavy atom. The first-order chi connectivity index (χ1) is 14.7. The van der Waals surface area contributed by atoms with Gasteiger partial charge in [-0.2, -0.15) is 0 Å². The Balaban J connectivity index is 1.76. The molecule has 1 aliphatic heterocycles. The van der Waals surface area contributed by atoms with Crippen molar-refractivity contribution < 1.29 is 24.1 Å². The normalized spacial score (nSPS) is 16.2. The van der Waals surface area contributed by atoms with Gasteiger partial charge in [-0.1, -0.05) is 0 Å². The molecule has 0 saturated carbocycles. The van der Waals surface area contributed by atoms with E-state index < -0.39 is 6.10 Å². The van der Waals surface area contributed by atoms with Crippen LogP contribution in [0.4, 0.5) is 0 Å². The van der Waals surface area contributed by atoms with Crippen LogP contribution >= 0.6 is 0 Å². The minimum atomic E-state index is -0.798. The van der Waals surface area contributed by atoms with Gasteiger partial charge in [0.15, 0.2) is 5.96 Å². The van der Waals surface area contributed by atoms with Crippen molar-refractivity contribution in [3.8, 4) is 11.5 Å². The molecule has 1 atom stereocenters. The molecule has 0 aromatic heterocycles. The molecule has 1 saturated heterocycles. The second-order valence-corrected chi connectivity index (χ2v) is 7.25. The van der Waals surface area contributed by atoms with Crippen LogP contribution in [-0.2, 0) is 9.47 Å². The van der Waals surface area contributed by atoms with Crippen molar-refractivity contribution in [2.45, 2.75) is 32.3 Å². The molecule has 170 valence electrons. The number of aliphatic hydroxyl groups excluding tert-OH is 1. The van der Waals surface area contributed by atoms with E-state index in [2.05, 4.69) is 15.6 Å². The number of aliphatic hydroxyl groups is 1. The molecular weight excluding hydrogens is 386 g/mol. The van der Waals surface area contributed by atoms with E-state index in [1.54, 1.807) is 32.4 Å². The fraction of sp³-hybridized carbons (Fsp3) is 0.682. The maximum Gasteiger partial charge on any atom is 0.191 e. The molecule has 0 radical (unpaired) electrons. The van der Waals surface area contributed by atoms with Gasteiger partial charge in [0.2, 0.25) is 0 Å². The van der Waals surface area contributed by atoms with Gasteiger partial charge in [-0.05, 0) is 50.3 Å². The first-order valence-corrected chi connectivity index (χ1v) is 10.8. The predicted octanol–water partition coefficient (Wildman–Crippen LogP) is 2.13. The average Bonchev–Trinajstić information content (AvgIpc) is 2.79. The van der Waals surface area contributed by atoms with E-state index in [0.29, 0.717) is 35.5 Å². The molecule has 1 fully saturated rings. The number of nitrogens with one attached hydrogen (secondary N) is 2. The molecular formula is C22H37N3O5. The van der Waals surface area contributed by atoms with Crippen LogP contribution in [0.3, 0.4) is 0 Å². The Kier molecular flexibility index (Phi) is 11.4. The summed E-state index contributed by atoms with van der Waals surface area (Å²) in [7, 11) is 3.17. The number of nitrogens with zero attached hydrogens (tertiary/aromatic N) is 1. The molecule has 3 N–H and O–H groups in total. The van der Waals surface area contributed by atoms with Crippen molar-refractivity contribution in [1.82, 2.24) is 10.6 Å². The van der Waals surface area contributed by atoms with Crippen LogP contribution < -0.4 is 20.1 Å². The lowest BCUT2D eigenvalue weighted by molar-refractivity contribution is 0.0203. The first-order valence-electron chi connectivity index (χ1n) is 10.8. The highest BCUT2D eigenvalue weighted by Gasteiger charge is 2.15. The summed E-state index contributed by atoms with van der Waals surface area (Å²) in [6, 6.07) is 5.36. The molecule has 1 unspecified atom stereocenters. The summed E-state index contributed by atoms with van der Waals surface area (Å²) in [6.45, 7) is 6.94. The Bertz CT molecular complexity index is 635. The Morgan fingerprint density at radius 3 is 2.73 bits per heavy atom. The van der Waals surface area contributed by atoms with E-state index in [-0.39, 0.29) is 6.54 Å². The summed E-state index contributed by atoms with van der Waals surface area (Å²) in [6.07, 6.45) is 2.28. The summed E-state index contributed by atoms with van der Waals surface area (Å²) in [5.74, 6) is 2.57. The van der Waals surface area contributed by atoms with Gasteiger partial charge < -0.3 is 34.7 Å². The lowest BCUT2D eigenvalue weighted by Gasteiger charge is -2.21. The quantitative estimate of drug-likeness (QED) is 0.269. The van der Waals surface area contributed by atoms with Crippen molar-refractivity contribution in [2.75, 3.05) is 60.3 Å². The van der Waals surface area contributed by atoms with Crippen LogP contribution in [0.25, 0.3) is 0 Å². The molecule has 0 bridgehead atoms. The SMILES string of the molecule is CCNC(=NCC(O)c1cc(OC)ccc1OC)NCCCOCC1CCOCC1. The van der Waals surface area contributed by atoms with Gasteiger partial charge in [0.05, 0.1) is 20.8 Å². The molecule has 2 rings (SSSR count). The van der Waals surface area contributed by atoms with E-state index in [9.17, 15) is 5.11 Å². The third-order valence-electron chi connectivity index (χ3n) is 5.01. The number of hydrogen-bond donors (Lipinski definition) is 3. The molecule has 0 amide bonds. The summed E-state index contributed by atoms with van der Waals surface area (Å²) in [5, 5.41) is 17.1. The number of hydrogen-bond acceptors (Lipinski definition) is 6. The number of guanidine groups is 1. The smallest absolute Gasteiger partial charge is 0.191 e. The lowest BCUT2D eigenvalue weighted by Crippen LogP contribution is -2.38. The predicted molar refractivity (Wildman–Crippen MR) is 117 cm³/mol. The zero-order chi connectivity index (χ0) is 21.6. The first kappa shape index (κ1) is 24.2. The van der Waals surface area contributed by atoms with E-state index in [1.165, 1.54) is 0 Å². The van der Waals surface area contributed by atoms with Gasteiger partial charge in [0.1, 0.15) is 17.6 Å². The summed E-state index contributed by atoms with van der Waals surface area (Å²) < 4.78 is 21.8. The standard InChI is InChI=1S/C22H37N3O5/c1-4-23-22(24-10-5-11-30-16-17-8-12-29-13-9-17)25-15-20(26)19-14-18(27-2)6-7-21(19)28-3/h6-7,14,17,20,26H,4-5,8-13,15-16H2,1-3H3,(H2,23,24,25). The zero-order valence-corrected chi connectivity index (χ0v) is 18.5. The molecule has 0 aliphatic carbocycles. The Hall–Kier alpha value is -2.03. The Morgan fingerprint density at radius 1 is 1.23 bits per heavy atom. The van der Waals surface area contributed by atoms with Crippen LogP contribution in [0, 0.1) is 5.92 Å². The van der Waals surface area contributed by atoms with Crippen LogP contribution in [0.15, 0.2) is 23.2 Å². The van der Waals surface area contributed by atoms with Crippen molar-refractivity contribution in [3.63, 3.8) is 0 Å². The maximum atomic E-state index is 10.6. The van der Waals surface area contributed by atoms with Crippen molar-refractivity contribution in [3.05, 3.63) is 23.8 Å². The molecule has 30 heavy (non-hydrogen) atoms. The average molecular weight is 424 g/mol. The van der Waals surface area contributed by atoms with E-state index >= 15 is 0 Å². The molecule has 1 aromatic carbocycles. The van der Waals surface area contributed by atoms with Gasteiger partial charge in [0.25, 0.3) is 0 Å². The summed E-state index contributed by atoms with van der Waals surface area (Å²) in [5.41, 5.74) is 0.651. The van der Waals surface area contributed by atoms with Crippen LogP contribution in [-0.4, -0.2) is 71.3 Å². The number of methoxy groups -OCH3 is 2. The number of benzene rings is 1. The van der Waals surface area contributed by atoms with E-state index in [1.807, 2.05) is 6.92 Å². The van der Waals surface area contributed by atoms with Gasteiger partial charge in [-0.15, -0.1) is 0 Å². The fourth-order valence-electron chi connectivity index (χ4n) is 3.26. The van der Waals surface area contributed by atoms with Crippen LogP contribution in [0.2, 0.25) is 0 Å². The number of rotatable bonds is 12. The van der Waals surface area contributed by atoms with Crippen molar-refractivity contribution in [2.24, 2.45) is 10.9 Å². The van der Waals surface area contributed by atoms with Gasteiger partial charge in [-0.3, -0.25) is 4.99 Å². The van der Waals surface area contributed by atoms with Gasteiger partial charge in [0, 0.05) is 45.1 Å². The highest BCUT2D eigenvalue weighted by atomic mass is 16.5. The highest BCUT2D eigenvalue weighted by Crippen LogP contribution is 2.29. The highest BCUT2D eigenvalue weighted by molar-refractivity contribution is 5.79. The number of aliphatic imine (C=N–C) groups is 1. The topological polar surface area (TPSA) is 93.6 Å². The minimum Gasteiger partial charge on any atom is -0.497 e. The Labute approximate surface area is 180 Å². The third-order valence-corrected chi connectivity index (χ3v) is 5.01. The number of ether oxygens (including phenoxy) is 4. The van der Waals surface area contributed by atoms with E-state index in [4.69, 9.17) is 18.9 Å². The molecule has 0 spiro atoms. The molecule has 1 aliphatic rings. The third kappa shape index (κ3) is 8.38. The largest absolute Gasteiger partial charge is 0.497 e. The monoisotopic (exact) mass is 423 g/mol. The fourth-order valence-corrected chi connectivity index (χ4v) is 3.26. The van der Waals surface area contributed by atoms with Crippen molar-refractivity contribution >= 4 is 5.96 Å². The summed E-state index contributed by atoms with van der Waals surface area (Å²) >= 11 is 0. The maximum absolute atomic E-state index is 10.6. The van der Waals surface area contributed by atoms with Crippen LogP contribution in [0.1, 0.15) is 37.9 Å². The second kappa shape index (κ2) is 14.1. The zero-order valence-electron chi connectivity index (χ0n) is 18.5. The summed E-state index contributed by atoms with van der Waals surface area (Å²) in [4.78, 5) is 4.51. The molecule has 1 aromatic rings. The van der Waals surface area contributed by atoms with E-state index in [0.717, 1.165) is 52.2 Å². The van der Waals surface area contributed by atoms with Crippen LogP contribution in [0.5, 0.6) is 11.5 Å². The minimum absolute atomic E-state index is 0.207. The van der Waals surface area contributed by atoms with Crippen molar-refractivity contribution in [1.29, 1.82) is 0 Å².